The number of aromatic nitrogens is 1. The Balaban J connectivity index is 1.88. The number of anilines is 1. The normalized spacial score (nSPS) is 19.4. The van der Waals surface area contributed by atoms with Gasteiger partial charge in [-0.2, -0.15) is 0 Å². The van der Waals surface area contributed by atoms with Crippen LogP contribution in [-0.2, 0) is 4.79 Å². The van der Waals surface area contributed by atoms with Crippen LogP contribution >= 0.6 is 0 Å². The molecule has 1 aromatic heterocycles. The fourth-order valence-corrected chi connectivity index (χ4v) is 2.74. The van der Waals surface area contributed by atoms with Gasteiger partial charge in [0.15, 0.2) is 0 Å². The molecule has 1 aromatic rings. The first-order chi connectivity index (χ1) is 11.7. The first kappa shape index (κ1) is 19.1. The number of hydrogen-bond acceptors (Lipinski definition) is 6. The second kappa shape index (κ2) is 7.77. The van der Waals surface area contributed by atoms with Gasteiger partial charge in [0.2, 0.25) is 5.91 Å². The first-order valence-corrected chi connectivity index (χ1v) is 8.65. The summed E-state index contributed by atoms with van der Waals surface area (Å²) in [5.74, 6) is 0.655. The average molecular weight is 349 g/mol. The number of carbonyl (C=O) groups excluding carboxylic acids is 1. The van der Waals surface area contributed by atoms with Gasteiger partial charge in [-0.15, -0.1) is 0 Å². The summed E-state index contributed by atoms with van der Waals surface area (Å²) < 4.78 is 0. The molecule has 0 bridgehead atoms. The molecule has 0 saturated carbocycles. The van der Waals surface area contributed by atoms with E-state index in [4.69, 9.17) is 0 Å². The van der Waals surface area contributed by atoms with E-state index in [9.17, 15) is 14.9 Å². The van der Waals surface area contributed by atoms with Gasteiger partial charge in [0.05, 0.1) is 11.0 Å². The lowest BCUT2D eigenvalue weighted by Gasteiger charge is -2.30. The zero-order chi connectivity index (χ0) is 18.6. The van der Waals surface area contributed by atoms with Crippen LogP contribution in [0.3, 0.4) is 0 Å². The van der Waals surface area contributed by atoms with Crippen molar-refractivity contribution in [3.63, 3.8) is 0 Å². The van der Waals surface area contributed by atoms with E-state index in [-0.39, 0.29) is 29.2 Å². The van der Waals surface area contributed by atoms with Crippen molar-refractivity contribution in [1.29, 1.82) is 0 Å². The van der Waals surface area contributed by atoms with Crippen molar-refractivity contribution in [1.82, 2.24) is 15.2 Å². The molecule has 1 saturated heterocycles. The third kappa shape index (κ3) is 5.12. The summed E-state index contributed by atoms with van der Waals surface area (Å²) in [5.41, 5.74) is -0.229. The summed E-state index contributed by atoms with van der Waals surface area (Å²) >= 11 is 0. The van der Waals surface area contributed by atoms with E-state index in [1.54, 1.807) is 6.07 Å². The molecule has 8 heteroatoms. The molecular weight excluding hydrogens is 322 g/mol. The van der Waals surface area contributed by atoms with Crippen molar-refractivity contribution < 1.29 is 9.72 Å². The van der Waals surface area contributed by atoms with Crippen molar-refractivity contribution in [3.05, 3.63) is 28.4 Å². The van der Waals surface area contributed by atoms with Gasteiger partial charge < -0.3 is 10.6 Å². The van der Waals surface area contributed by atoms with E-state index in [1.807, 2.05) is 20.8 Å². The molecule has 0 aromatic carbocycles. The molecule has 0 unspecified atom stereocenters. The molecule has 2 heterocycles. The Labute approximate surface area is 148 Å². The van der Waals surface area contributed by atoms with Crippen LogP contribution in [0.1, 0.15) is 40.5 Å². The Morgan fingerprint density at radius 1 is 1.52 bits per heavy atom. The molecule has 138 valence electrons. The highest BCUT2D eigenvalue weighted by atomic mass is 16.6. The minimum absolute atomic E-state index is 0.0255. The van der Waals surface area contributed by atoms with Gasteiger partial charge in [0, 0.05) is 30.7 Å². The molecule has 0 radical (unpaired) electrons. The number of nitro groups is 1. The maximum absolute atomic E-state index is 12.4. The molecule has 1 amide bonds. The van der Waals surface area contributed by atoms with Crippen LogP contribution < -0.4 is 10.6 Å². The predicted octanol–water partition coefficient (Wildman–Crippen LogP) is 2.17. The molecule has 1 aliphatic heterocycles. The lowest BCUT2D eigenvalue weighted by atomic mass is 10.0. The first-order valence-electron chi connectivity index (χ1n) is 8.65. The Kier molecular flexibility index (Phi) is 5.94. The minimum Gasteiger partial charge on any atom is -0.366 e. The smallest absolute Gasteiger partial charge is 0.287 e. The van der Waals surface area contributed by atoms with E-state index in [1.165, 1.54) is 12.3 Å². The highest BCUT2D eigenvalue weighted by Gasteiger charge is 2.31. The van der Waals surface area contributed by atoms with Gasteiger partial charge in [0.1, 0.15) is 12.0 Å². The lowest BCUT2D eigenvalue weighted by Crippen LogP contribution is -2.51. The van der Waals surface area contributed by atoms with Crippen LogP contribution in [0.2, 0.25) is 0 Å². The van der Waals surface area contributed by atoms with Gasteiger partial charge in [-0.05, 0) is 39.7 Å². The Morgan fingerprint density at radius 2 is 2.24 bits per heavy atom. The van der Waals surface area contributed by atoms with Gasteiger partial charge in [-0.25, -0.2) is 4.98 Å². The topological polar surface area (TPSA) is 100 Å². The fraction of sp³-hybridized carbons (Fsp3) is 0.647. The summed E-state index contributed by atoms with van der Waals surface area (Å²) in [5, 5.41) is 17.0. The number of likely N-dealkylation sites (tertiary alicyclic amines) is 1. The number of hydrogen-bond donors (Lipinski definition) is 2. The Morgan fingerprint density at radius 3 is 2.80 bits per heavy atom. The van der Waals surface area contributed by atoms with Crippen molar-refractivity contribution >= 4 is 17.4 Å². The molecule has 0 aliphatic carbocycles. The maximum Gasteiger partial charge on any atom is 0.287 e. The van der Waals surface area contributed by atoms with Crippen LogP contribution in [-0.4, -0.2) is 51.4 Å². The summed E-state index contributed by atoms with van der Waals surface area (Å²) in [4.78, 5) is 28.8. The molecule has 1 fully saturated rings. The Bertz CT molecular complexity index is 617. The summed E-state index contributed by atoms with van der Waals surface area (Å²) in [6.45, 7) is 9.58. The molecule has 1 aliphatic rings. The van der Waals surface area contributed by atoms with Crippen molar-refractivity contribution in [3.8, 4) is 0 Å². The number of nitrogens with zero attached hydrogens (tertiary/aromatic N) is 3. The summed E-state index contributed by atoms with van der Waals surface area (Å²) in [7, 11) is 0. The minimum atomic E-state index is -0.466. The van der Waals surface area contributed by atoms with Gasteiger partial charge in [-0.3, -0.25) is 19.8 Å². The number of rotatable bonds is 7. The molecular formula is C17H27N5O3. The van der Waals surface area contributed by atoms with Crippen LogP contribution in [0.5, 0.6) is 0 Å². The lowest BCUT2D eigenvalue weighted by molar-refractivity contribution is -0.385. The highest BCUT2D eigenvalue weighted by molar-refractivity contribution is 5.82. The van der Waals surface area contributed by atoms with Crippen LogP contribution in [0, 0.1) is 10.1 Å². The van der Waals surface area contributed by atoms with Crippen LogP contribution in [0.4, 0.5) is 11.5 Å². The molecule has 2 atom stereocenters. The largest absolute Gasteiger partial charge is 0.366 e. The van der Waals surface area contributed by atoms with Crippen LogP contribution in [0.25, 0.3) is 0 Å². The summed E-state index contributed by atoms with van der Waals surface area (Å²) in [6, 6.07) is 3.02. The van der Waals surface area contributed by atoms with Gasteiger partial charge in [-0.1, -0.05) is 6.92 Å². The number of nitrogens with one attached hydrogen (secondary N) is 2. The van der Waals surface area contributed by atoms with E-state index < -0.39 is 4.92 Å². The van der Waals surface area contributed by atoms with E-state index >= 15 is 0 Å². The standard InChI is InChI=1S/C17H27N5O3/c1-5-17(3,4)20-16(23)12(2)21-9-8-13(11-21)19-15-7-6-14(10-18-15)22(24)25/h6-7,10,12-13H,5,8-9,11H2,1-4H3,(H,18,19)(H,20,23)/t12-,13+/m0/s1. The van der Waals surface area contributed by atoms with E-state index in [0.29, 0.717) is 5.82 Å². The zero-order valence-corrected chi connectivity index (χ0v) is 15.3. The third-order valence-electron chi connectivity index (χ3n) is 4.80. The van der Waals surface area contributed by atoms with Gasteiger partial charge >= 0.3 is 0 Å². The quantitative estimate of drug-likeness (QED) is 0.578. The molecule has 8 nitrogen and oxygen atoms in total. The van der Waals surface area contributed by atoms with E-state index in [2.05, 4.69) is 27.4 Å². The molecule has 25 heavy (non-hydrogen) atoms. The summed E-state index contributed by atoms with van der Waals surface area (Å²) in [6.07, 6.45) is 3.02. The third-order valence-corrected chi connectivity index (χ3v) is 4.80. The highest BCUT2D eigenvalue weighted by Crippen LogP contribution is 2.19. The molecule has 2 rings (SSSR count). The van der Waals surface area contributed by atoms with Crippen molar-refractivity contribution in [2.75, 3.05) is 18.4 Å². The number of carbonyl (C=O) groups is 1. The van der Waals surface area contributed by atoms with E-state index in [0.717, 1.165) is 25.9 Å². The number of pyridine rings is 1. The zero-order valence-electron chi connectivity index (χ0n) is 15.3. The van der Waals surface area contributed by atoms with Gasteiger partial charge in [0.25, 0.3) is 5.69 Å². The molecule has 2 N–H and O–H groups in total. The predicted molar refractivity (Wildman–Crippen MR) is 96.5 cm³/mol. The van der Waals surface area contributed by atoms with Crippen molar-refractivity contribution in [2.45, 2.75) is 58.2 Å². The SMILES string of the molecule is CCC(C)(C)NC(=O)[C@H](C)N1CC[C@@H](Nc2ccc([N+](=O)[O-])cn2)C1. The number of amides is 1. The second-order valence-electron chi connectivity index (χ2n) is 7.19. The van der Waals surface area contributed by atoms with Crippen LogP contribution in [0.15, 0.2) is 18.3 Å². The van der Waals surface area contributed by atoms with Crippen molar-refractivity contribution in [2.24, 2.45) is 0 Å². The Hall–Kier alpha value is -2.22. The average Bonchev–Trinajstić information content (AvgIpc) is 3.02. The fourth-order valence-electron chi connectivity index (χ4n) is 2.74. The second-order valence-corrected chi connectivity index (χ2v) is 7.19. The maximum atomic E-state index is 12.4. The molecule has 0 spiro atoms. The monoisotopic (exact) mass is 349 g/mol.